The maximum atomic E-state index is 11.3. The highest BCUT2D eigenvalue weighted by atomic mass is 79.9. The second-order valence-electron chi connectivity index (χ2n) is 9.80. The van der Waals surface area contributed by atoms with Crippen molar-refractivity contribution in [1.82, 2.24) is 29.3 Å². The standard InChI is InChI=1S/C23H32BrN7O3/c1-22(17-28-16-19(31(32)33)27-21(28)34-22)23(20-25-14-18(24)15-26-20,29-10-6-2-3-7-11-29)30-12-8-4-5-9-13-30/h14-16H,2-13,17H2,1H3. The molecule has 0 bridgehead atoms. The minimum atomic E-state index is -0.785. The van der Waals surface area contributed by atoms with Gasteiger partial charge in [-0.1, -0.05) is 25.7 Å². The first kappa shape index (κ1) is 23.6. The molecule has 10 nitrogen and oxygen atoms in total. The van der Waals surface area contributed by atoms with Crippen molar-refractivity contribution in [2.45, 2.75) is 76.1 Å². The molecule has 1 atom stereocenters. The average Bonchev–Trinajstić information content (AvgIpc) is 3.09. The van der Waals surface area contributed by atoms with Gasteiger partial charge in [0, 0.05) is 43.6 Å². The molecule has 0 saturated carbocycles. The molecule has 0 amide bonds. The molecule has 0 spiro atoms. The number of nitrogens with zero attached hydrogens (tertiary/aromatic N) is 7. The highest BCUT2D eigenvalue weighted by Gasteiger charge is 2.64. The summed E-state index contributed by atoms with van der Waals surface area (Å²) in [6, 6.07) is 0.292. The first-order valence-electron chi connectivity index (χ1n) is 12.3. The maximum Gasteiger partial charge on any atom is 0.415 e. The Morgan fingerprint density at radius 1 is 1.00 bits per heavy atom. The molecule has 3 aliphatic heterocycles. The fourth-order valence-electron chi connectivity index (χ4n) is 6.08. The second kappa shape index (κ2) is 9.50. The van der Waals surface area contributed by atoms with E-state index in [1.54, 1.807) is 4.57 Å². The van der Waals surface area contributed by atoms with Crippen LogP contribution in [0.2, 0.25) is 0 Å². The third kappa shape index (κ3) is 4.01. The quantitative estimate of drug-likeness (QED) is 0.418. The summed E-state index contributed by atoms with van der Waals surface area (Å²) in [7, 11) is 0. The van der Waals surface area contributed by atoms with Crippen LogP contribution in [-0.4, -0.2) is 66.0 Å². The lowest BCUT2D eigenvalue weighted by Crippen LogP contribution is -2.72. The van der Waals surface area contributed by atoms with Crippen molar-refractivity contribution in [1.29, 1.82) is 0 Å². The summed E-state index contributed by atoms with van der Waals surface area (Å²) in [5, 5.41) is 11.3. The third-order valence-corrected chi connectivity index (χ3v) is 7.91. The molecule has 2 aromatic rings. The van der Waals surface area contributed by atoms with E-state index in [0.29, 0.717) is 12.6 Å². The van der Waals surface area contributed by atoms with Crippen LogP contribution in [0.1, 0.15) is 64.1 Å². The fraction of sp³-hybridized carbons (Fsp3) is 0.696. The van der Waals surface area contributed by atoms with Crippen molar-refractivity contribution in [3.8, 4) is 6.01 Å². The molecule has 5 heterocycles. The molecule has 0 aromatic carbocycles. The predicted octanol–water partition coefficient (Wildman–Crippen LogP) is 4.10. The van der Waals surface area contributed by atoms with Crippen molar-refractivity contribution in [2.75, 3.05) is 26.2 Å². The zero-order chi connectivity index (χ0) is 23.8. The molecule has 0 N–H and O–H groups in total. The molecule has 184 valence electrons. The third-order valence-electron chi connectivity index (χ3n) is 7.50. The van der Waals surface area contributed by atoms with Crippen LogP contribution >= 0.6 is 15.9 Å². The highest BCUT2D eigenvalue weighted by molar-refractivity contribution is 9.10. The Bertz CT molecular complexity index is 969. The largest absolute Gasteiger partial charge is 0.434 e. The van der Waals surface area contributed by atoms with E-state index in [4.69, 9.17) is 14.7 Å². The highest BCUT2D eigenvalue weighted by Crippen LogP contribution is 2.49. The smallest absolute Gasteiger partial charge is 0.415 e. The Balaban J connectivity index is 1.67. The number of hydrogen-bond acceptors (Lipinski definition) is 8. The summed E-state index contributed by atoms with van der Waals surface area (Å²) in [6.07, 6.45) is 14.4. The number of nitro groups is 1. The Kier molecular flexibility index (Phi) is 6.60. The Morgan fingerprint density at radius 2 is 1.53 bits per heavy atom. The minimum absolute atomic E-state index is 0.188. The summed E-state index contributed by atoms with van der Waals surface area (Å²) < 4.78 is 9.25. The molecule has 2 aromatic heterocycles. The lowest BCUT2D eigenvalue weighted by molar-refractivity contribution is -0.389. The molecule has 2 saturated heterocycles. The number of imidazole rings is 1. The molecule has 3 aliphatic rings. The van der Waals surface area contributed by atoms with E-state index in [-0.39, 0.29) is 5.82 Å². The zero-order valence-electron chi connectivity index (χ0n) is 19.7. The predicted molar refractivity (Wildman–Crippen MR) is 129 cm³/mol. The van der Waals surface area contributed by atoms with E-state index in [1.807, 2.05) is 12.4 Å². The number of hydrogen-bond donors (Lipinski definition) is 0. The fourth-order valence-corrected chi connectivity index (χ4v) is 6.28. The summed E-state index contributed by atoms with van der Waals surface area (Å²) in [6.45, 7) is 6.26. The van der Waals surface area contributed by atoms with Crippen molar-refractivity contribution in [3.05, 3.63) is 39.0 Å². The van der Waals surface area contributed by atoms with Crippen molar-refractivity contribution in [3.63, 3.8) is 0 Å². The lowest BCUT2D eigenvalue weighted by atomic mass is 9.83. The van der Waals surface area contributed by atoms with Gasteiger partial charge in [0.15, 0.2) is 17.1 Å². The van der Waals surface area contributed by atoms with E-state index in [1.165, 1.54) is 31.9 Å². The van der Waals surface area contributed by atoms with Gasteiger partial charge in [0.2, 0.25) is 0 Å². The first-order chi connectivity index (χ1) is 16.4. The first-order valence-corrected chi connectivity index (χ1v) is 13.1. The van der Waals surface area contributed by atoms with Crippen molar-refractivity contribution >= 4 is 21.7 Å². The molecular formula is C23H32BrN7O3. The van der Waals surface area contributed by atoms with E-state index in [2.05, 4.69) is 37.6 Å². The zero-order valence-corrected chi connectivity index (χ0v) is 21.2. The number of fused-ring (bicyclic) bond motifs is 1. The number of ether oxygens (including phenoxy) is 1. The Labute approximate surface area is 208 Å². The van der Waals surface area contributed by atoms with Crippen molar-refractivity contribution < 1.29 is 9.66 Å². The topological polar surface area (TPSA) is 102 Å². The van der Waals surface area contributed by atoms with Gasteiger partial charge in [0.1, 0.15) is 6.20 Å². The van der Waals surface area contributed by atoms with Gasteiger partial charge in [-0.25, -0.2) is 9.97 Å². The molecule has 1 unspecified atom stereocenters. The maximum absolute atomic E-state index is 11.3. The summed E-state index contributed by atoms with van der Waals surface area (Å²) >= 11 is 3.50. The van der Waals surface area contributed by atoms with Crippen LogP contribution in [0.4, 0.5) is 5.82 Å². The van der Waals surface area contributed by atoms with Crippen LogP contribution in [0, 0.1) is 10.1 Å². The van der Waals surface area contributed by atoms with E-state index < -0.39 is 16.2 Å². The molecule has 34 heavy (non-hydrogen) atoms. The van der Waals surface area contributed by atoms with E-state index in [9.17, 15) is 10.1 Å². The SMILES string of the molecule is CC1(C(c2ncc(Br)cn2)(N2CCCCCC2)N2CCCCCC2)Cn2cc([N+](=O)[O-])nc2O1. The molecule has 0 radical (unpaired) electrons. The average molecular weight is 534 g/mol. The van der Waals surface area contributed by atoms with Gasteiger partial charge >= 0.3 is 11.8 Å². The van der Waals surface area contributed by atoms with Gasteiger partial charge in [0.25, 0.3) is 0 Å². The summed E-state index contributed by atoms with van der Waals surface area (Å²) in [5.74, 6) is 0.536. The number of likely N-dealkylation sites (tertiary alicyclic amines) is 2. The molecule has 2 fully saturated rings. The van der Waals surface area contributed by atoms with Gasteiger partial charge in [-0.15, -0.1) is 0 Å². The van der Waals surface area contributed by atoms with Crippen molar-refractivity contribution in [2.24, 2.45) is 0 Å². The monoisotopic (exact) mass is 533 g/mol. The normalized spacial score (nSPS) is 24.8. The lowest BCUT2D eigenvalue weighted by Gasteiger charge is -2.55. The summed E-state index contributed by atoms with van der Waals surface area (Å²) in [4.78, 5) is 29.9. The van der Waals surface area contributed by atoms with Gasteiger partial charge in [0.05, 0.1) is 11.0 Å². The summed E-state index contributed by atoms with van der Waals surface area (Å²) in [5.41, 5.74) is -1.51. The second-order valence-corrected chi connectivity index (χ2v) is 10.7. The van der Waals surface area contributed by atoms with Crippen LogP contribution in [0.5, 0.6) is 6.01 Å². The molecule has 5 rings (SSSR count). The minimum Gasteiger partial charge on any atom is -0.434 e. The van der Waals surface area contributed by atoms with Crippen LogP contribution in [0.25, 0.3) is 0 Å². The van der Waals surface area contributed by atoms with Gasteiger partial charge < -0.3 is 14.9 Å². The van der Waals surface area contributed by atoms with Gasteiger partial charge in [-0.2, -0.15) is 0 Å². The number of halogens is 1. The van der Waals surface area contributed by atoms with Crippen LogP contribution in [0.15, 0.2) is 23.1 Å². The van der Waals surface area contributed by atoms with E-state index >= 15 is 0 Å². The van der Waals surface area contributed by atoms with Crippen LogP contribution < -0.4 is 4.74 Å². The molecule has 11 heteroatoms. The van der Waals surface area contributed by atoms with Crippen LogP contribution in [-0.2, 0) is 12.2 Å². The Hall–Kier alpha value is -2.11. The molecule has 0 aliphatic carbocycles. The molecular weight excluding hydrogens is 502 g/mol. The number of rotatable bonds is 5. The van der Waals surface area contributed by atoms with Gasteiger partial charge in [-0.3, -0.25) is 14.4 Å². The van der Waals surface area contributed by atoms with Crippen LogP contribution in [0.3, 0.4) is 0 Å². The Morgan fingerprint density at radius 3 is 2.00 bits per heavy atom. The van der Waals surface area contributed by atoms with E-state index in [0.717, 1.165) is 62.2 Å². The van der Waals surface area contributed by atoms with Gasteiger partial charge in [-0.05, 0) is 53.5 Å². The number of aromatic nitrogens is 4.